The van der Waals surface area contributed by atoms with Gasteiger partial charge in [0.1, 0.15) is 11.5 Å². The van der Waals surface area contributed by atoms with Crippen LogP contribution in [0.5, 0.6) is 11.5 Å². The quantitative estimate of drug-likeness (QED) is 0.339. The van der Waals surface area contributed by atoms with Crippen LogP contribution in [0.2, 0.25) is 0 Å². The van der Waals surface area contributed by atoms with Crippen LogP contribution in [0.4, 0.5) is 0 Å². The molecule has 7 heteroatoms. The number of benzene rings is 1. The van der Waals surface area contributed by atoms with Gasteiger partial charge in [-0.1, -0.05) is 6.92 Å². The topological polar surface area (TPSA) is 75.1 Å². The van der Waals surface area contributed by atoms with Crippen LogP contribution in [0, 0.1) is 5.92 Å². The Morgan fingerprint density at radius 3 is 2.33 bits per heavy atom. The van der Waals surface area contributed by atoms with Crippen molar-refractivity contribution >= 4 is 29.9 Å². The number of nitrogens with one attached hydrogen (secondary N) is 2. The van der Waals surface area contributed by atoms with E-state index in [1.165, 1.54) is 6.42 Å². The second-order valence-electron chi connectivity index (χ2n) is 5.85. The van der Waals surface area contributed by atoms with E-state index in [1.807, 2.05) is 6.92 Å². The molecule has 1 saturated carbocycles. The molecule has 24 heavy (non-hydrogen) atoms. The molecule has 0 amide bonds. The molecule has 3 atom stereocenters. The van der Waals surface area contributed by atoms with E-state index in [0.29, 0.717) is 23.5 Å². The average Bonchev–Trinajstić information content (AvgIpc) is 3.26. The van der Waals surface area contributed by atoms with E-state index in [9.17, 15) is 5.11 Å². The van der Waals surface area contributed by atoms with Crippen molar-refractivity contribution < 1.29 is 14.6 Å². The van der Waals surface area contributed by atoms with E-state index in [2.05, 4.69) is 22.5 Å². The van der Waals surface area contributed by atoms with Gasteiger partial charge in [-0.15, -0.1) is 24.0 Å². The Labute approximate surface area is 161 Å². The second kappa shape index (κ2) is 9.93. The molecule has 0 spiro atoms. The third-order valence-corrected chi connectivity index (χ3v) is 3.96. The van der Waals surface area contributed by atoms with Crippen LogP contribution in [0.15, 0.2) is 23.2 Å². The number of rotatable bonds is 7. The molecule has 136 valence electrons. The third-order valence-electron chi connectivity index (χ3n) is 3.96. The second-order valence-corrected chi connectivity index (χ2v) is 5.85. The smallest absolute Gasteiger partial charge is 0.191 e. The Morgan fingerprint density at radius 2 is 1.88 bits per heavy atom. The van der Waals surface area contributed by atoms with Gasteiger partial charge < -0.3 is 25.2 Å². The number of hydrogen-bond donors (Lipinski definition) is 3. The van der Waals surface area contributed by atoms with E-state index < -0.39 is 6.10 Å². The number of aliphatic imine (C=N–C) groups is 1. The van der Waals surface area contributed by atoms with E-state index in [1.54, 1.807) is 32.4 Å². The minimum Gasteiger partial charge on any atom is -0.497 e. The number of ether oxygens (including phenoxy) is 2. The van der Waals surface area contributed by atoms with Crippen molar-refractivity contribution in [3.63, 3.8) is 0 Å². The van der Waals surface area contributed by atoms with Gasteiger partial charge in [-0.2, -0.15) is 0 Å². The molecule has 0 saturated heterocycles. The highest BCUT2D eigenvalue weighted by Crippen LogP contribution is 2.29. The van der Waals surface area contributed by atoms with Crippen LogP contribution in [0.25, 0.3) is 0 Å². The van der Waals surface area contributed by atoms with Gasteiger partial charge in [0, 0.05) is 18.7 Å². The summed E-state index contributed by atoms with van der Waals surface area (Å²) in [5, 5.41) is 17.0. The lowest BCUT2D eigenvalue weighted by Gasteiger charge is -2.14. The monoisotopic (exact) mass is 449 g/mol. The van der Waals surface area contributed by atoms with Gasteiger partial charge in [-0.05, 0) is 37.0 Å². The first kappa shape index (κ1) is 20.8. The molecule has 6 nitrogen and oxygen atoms in total. The van der Waals surface area contributed by atoms with Gasteiger partial charge in [0.05, 0.1) is 26.9 Å². The summed E-state index contributed by atoms with van der Waals surface area (Å²) in [6.45, 7) is 5.29. The van der Waals surface area contributed by atoms with Crippen LogP contribution in [0.1, 0.15) is 31.9 Å². The van der Waals surface area contributed by atoms with E-state index >= 15 is 0 Å². The molecular weight excluding hydrogens is 421 g/mol. The minimum absolute atomic E-state index is 0. The number of halogens is 1. The molecule has 0 heterocycles. The molecular formula is C17H28IN3O3. The fraction of sp³-hybridized carbons (Fsp3) is 0.588. The van der Waals surface area contributed by atoms with Crippen LogP contribution in [-0.2, 0) is 0 Å². The van der Waals surface area contributed by atoms with Gasteiger partial charge in [0.15, 0.2) is 5.96 Å². The maximum atomic E-state index is 10.4. The third kappa shape index (κ3) is 6.01. The predicted molar refractivity (Wildman–Crippen MR) is 107 cm³/mol. The number of methoxy groups -OCH3 is 2. The summed E-state index contributed by atoms with van der Waals surface area (Å²) in [5.74, 6) is 2.74. The molecule has 3 unspecified atom stereocenters. The summed E-state index contributed by atoms with van der Waals surface area (Å²) >= 11 is 0. The number of aliphatic hydroxyl groups excluding tert-OH is 1. The van der Waals surface area contributed by atoms with Gasteiger partial charge in [0.25, 0.3) is 0 Å². The minimum atomic E-state index is -0.717. The predicted octanol–water partition coefficient (Wildman–Crippen LogP) is 2.32. The zero-order valence-electron chi connectivity index (χ0n) is 14.7. The van der Waals surface area contributed by atoms with Crippen LogP contribution in [0.3, 0.4) is 0 Å². The molecule has 0 bridgehead atoms. The summed E-state index contributed by atoms with van der Waals surface area (Å²) in [7, 11) is 3.18. The molecule has 3 N–H and O–H groups in total. The molecule has 1 aliphatic carbocycles. The van der Waals surface area contributed by atoms with Crippen molar-refractivity contribution in [1.29, 1.82) is 0 Å². The van der Waals surface area contributed by atoms with Crippen LogP contribution in [-0.4, -0.2) is 44.4 Å². The van der Waals surface area contributed by atoms with E-state index in [0.717, 1.165) is 18.1 Å². The first-order chi connectivity index (χ1) is 11.1. The zero-order valence-corrected chi connectivity index (χ0v) is 17.0. The molecule has 0 aliphatic heterocycles. The highest BCUT2D eigenvalue weighted by atomic mass is 127. The van der Waals surface area contributed by atoms with E-state index in [-0.39, 0.29) is 30.5 Å². The summed E-state index contributed by atoms with van der Waals surface area (Å²) in [4.78, 5) is 4.48. The van der Waals surface area contributed by atoms with E-state index in [4.69, 9.17) is 9.47 Å². The molecule has 1 fully saturated rings. The Kier molecular flexibility index (Phi) is 8.61. The average molecular weight is 449 g/mol. The summed E-state index contributed by atoms with van der Waals surface area (Å²) in [6, 6.07) is 5.86. The van der Waals surface area contributed by atoms with Crippen molar-refractivity contribution in [3.05, 3.63) is 23.8 Å². The standard InChI is InChI=1S/C17H27N3O3.HI/c1-5-18-17(20-15-6-11(15)2)19-10-16(21)12-7-13(22-3)9-14(8-12)23-4;/h7-9,11,15-16,21H,5-6,10H2,1-4H3,(H2,18,19,20);1H. The molecule has 1 aromatic carbocycles. The fourth-order valence-corrected chi connectivity index (χ4v) is 2.32. The zero-order chi connectivity index (χ0) is 16.8. The molecule has 1 aliphatic rings. The van der Waals surface area contributed by atoms with Crippen molar-refractivity contribution in [2.45, 2.75) is 32.4 Å². The lowest BCUT2D eigenvalue weighted by atomic mass is 10.1. The van der Waals surface area contributed by atoms with Gasteiger partial charge in [0.2, 0.25) is 0 Å². The number of hydrogen-bond acceptors (Lipinski definition) is 4. The molecule has 2 rings (SSSR count). The first-order valence-corrected chi connectivity index (χ1v) is 8.03. The van der Waals surface area contributed by atoms with Crippen molar-refractivity contribution in [2.75, 3.05) is 27.3 Å². The Balaban J connectivity index is 0.00000288. The number of guanidine groups is 1. The van der Waals surface area contributed by atoms with Gasteiger partial charge in [-0.3, -0.25) is 4.99 Å². The maximum Gasteiger partial charge on any atom is 0.191 e. The Bertz CT molecular complexity index is 532. The molecule has 0 radical (unpaired) electrons. The molecule has 1 aromatic rings. The molecule has 0 aromatic heterocycles. The summed E-state index contributed by atoms with van der Waals surface area (Å²) in [5.41, 5.74) is 0.723. The highest BCUT2D eigenvalue weighted by molar-refractivity contribution is 14.0. The van der Waals surface area contributed by atoms with Gasteiger partial charge in [-0.25, -0.2) is 0 Å². The first-order valence-electron chi connectivity index (χ1n) is 8.03. The van der Waals surface area contributed by atoms with Gasteiger partial charge >= 0.3 is 0 Å². The van der Waals surface area contributed by atoms with Crippen molar-refractivity contribution in [2.24, 2.45) is 10.9 Å². The number of aliphatic hydroxyl groups is 1. The SMILES string of the molecule is CCNC(=NCC(O)c1cc(OC)cc(OC)c1)NC1CC1C.I. The normalized spacial score (nSPS) is 20.6. The van der Waals surface area contributed by atoms with Crippen LogP contribution >= 0.6 is 24.0 Å². The largest absolute Gasteiger partial charge is 0.497 e. The maximum absolute atomic E-state index is 10.4. The Morgan fingerprint density at radius 1 is 1.29 bits per heavy atom. The lowest BCUT2D eigenvalue weighted by molar-refractivity contribution is 0.186. The summed E-state index contributed by atoms with van der Waals surface area (Å²) in [6.07, 6.45) is 0.450. The highest BCUT2D eigenvalue weighted by Gasteiger charge is 2.33. The lowest BCUT2D eigenvalue weighted by Crippen LogP contribution is -2.39. The van der Waals surface area contributed by atoms with Crippen molar-refractivity contribution in [1.82, 2.24) is 10.6 Å². The Hall–Kier alpha value is -1.22. The number of nitrogens with zero attached hydrogens (tertiary/aromatic N) is 1. The van der Waals surface area contributed by atoms with Crippen LogP contribution < -0.4 is 20.1 Å². The summed E-state index contributed by atoms with van der Waals surface area (Å²) < 4.78 is 10.5. The fourth-order valence-electron chi connectivity index (χ4n) is 2.32. The van der Waals surface area contributed by atoms with Crippen molar-refractivity contribution in [3.8, 4) is 11.5 Å².